The molecular weight excluding hydrogens is 264 g/mol. The lowest BCUT2D eigenvalue weighted by molar-refractivity contribution is 0.0320. The van der Waals surface area contributed by atoms with E-state index in [1.807, 2.05) is 7.05 Å². The Hall–Kier alpha value is -0.810. The molecule has 1 heterocycles. The quantitative estimate of drug-likeness (QED) is 0.595. The van der Waals surface area contributed by atoms with Crippen LogP contribution >= 0.6 is 0 Å². The van der Waals surface area contributed by atoms with Crippen molar-refractivity contribution >= 4 is 5.96 Å². The molecule has 2 N–H and O–H groups in total. The third-order valence-corrected chi connectivity index (χ3v) is 4.46. The maximum absolute atomic E-state index is 5.40. The molecule has 5 nitrogen and oxygen atoms in total. The van der Waals surface area contributed by atoms with Gasteiger partial charge < -0.3 is 15.4 Å². The van der Waals surface area contributed by atoms with Gasteiger partial charge >= 0.3 is 0 Å². The fourth-order valence-corrected chi connectivity index (χ4v) is 3.19. The fraction of sp³-hybridized carbons (Fsp3) is 0.938. The molecule has 0 spiro atoms. The number of hydrogen-bond donors (Lipinski definition) is 2. The third-order valence-electron chi connectivity index (χ3n) is 4.46. The molecule has 2 rings (SSSR count). The molecule has 122 valence electrons. The van der Waals surface area contributed by atoms with Crippen LogP contribution in [0.25, 0.3) is 0 Å². The van der Waals surface area contributed by atoms with Gasteiger partial charge in [-0.15, -0.1) is 0 Å². The van der Waals surface area contributed by atoms with Crippen LogP contribution in [0.2, 0.25) is 0 Å². The molecule has 0 bridgehead atoms. The zero-order chi connectivity index (χ0) is 14.9. The summed E-state index contributed by atoms with van der Waals surface area (Å²) in [5, 5.41) is 7.06. The molecule has 1 saturated carbocycles. The van der Waals surface area contributed by atoms with Crippen molar-refractivity contribution in [1.29, 1.82) is 0 Å². The van der Waals surface area contributed by atoms with Crippen LogP contribution in [-0.2, 0) is 4.74 Å². The van der Waals surface area contributed by atoms with Crippen molar-refractivity contribution in [3.63, 3.8) is 0 Å². The first-order valence-corrected chi connectivity index (χ1v) is 8.55. The van der Waals surface area contributed by atoms with Crippen molar-refractivity contribution in [1.82, 2.24) is 15.5 Å². The molecule has 1 aliphatic carbocycles. The van der Waals surface area contributed by atoms with Gasteiger partial charge in [0.05, 0.1) is 13.2 Å². The number of guanidine groups is 1. The molecular formula is C16H32N4O. The second kappa shape index (κ2) is 9.26. The first kappa shape index (κ1) is 16.6. The maximum Gasteiger partial charge on any atom is 0.191 e. The summed E-state index contributed by atoms with van der Waals surface area (Å²) in [6.45, 7) is 8.31. The van der Waals surface area contributed by atoms with E-state index in [0.29, 0.717) is 12.0 Å². The average Bonchev–Trinajstić information content (AvgIpc) is 2.53. The van der Waals surface area contributed by atoms with Gasteiger partial charge in [0.15, 0.2) is 5.96 Å². The van der Waals surface area contributed by atoms with E-state index in [2.05, 4.69) is 27.4 Å². The average molecular weight is 296 g/mol. The number of hydrogen-bond acceptors (Lipinski definition) is 3. The van der Waals surface area contributed by atoms with Crippen LogP contribution in [0.3, 0.4) is 0 Å². The summed E-state index contributed by atoms with van der Waals surface area (Å²) in [6.07, 6.45) is 6.65. The van der Waals surface area contributed by atoms with E-state index in [1.165, 1.54) is 32.1 Å². The van der Waals surface area contributed by atoms with Crippen LogP contribution in [0.15, 0.2) is 4.99 Å². The summed E-state index contributed by atoms with van der Waals surface area (Å²) in [5.41, 5.74) is 0. The molecule has 1 atom stereocenters. The van der Waals surface area contributed by atoms with Crippen LogP contribution < -0.4 is 10.6 Å². The van der Waals surface area contributed by atoms with E-state index in [-0.39, 0.29) is 0 Å². The van der Waals surface area contributed by atoms with Gasteiger partial charge in [-0.1, -0.05) is 26.2 Å². The number of nitrogens with one attached hydrogen (secondary N) is 2. The second-order valence-corrected chi connectivity index (χ2v) is 6.45. The van der Waals surface area contributed by atoms with Gasteiger partial charge in [0.2, 0.25) is 0 Å². The molecule has 0 aromatic carbocycles. The molecule has 2 aliphatic rings. The largest absolute Gasteiger partial charge is 0.379 e. The Morgan fingerprint density at radius 1 is 1.24 bits per heavy atom. The fourth-order valence-electron chi connectivity index (χ4n) is 3.19. The third kappa shape index (κ3) is 6.22. The van der Waals surface area contributed by atoms with Gasteiger partial charge in [-0.25, -0.2) is 0 Å². The number of rotatable bonds is 5. The van der Waals surface area contributed by atoms with Crippen molar-refractivity contribution in [3.8, 4) is 0 Å². The summed E-state index contributed by atoms with van der Waals surface area (Å²) in [5.74, 6) is 1.59. The first-order valence-electron chi connectivity index (χ1n) is 8.55. The highest BCUT2D eigenvalue weighted by atomic mass is 16.5. The Bertz CT molecular complexity index is 309. The van der Waals surface area contributed by atoms with Gasteiger partial charge in [-0.05, 0) is 18.8 Å². The van der Waals surface area contributed by atoms with Gasteiger partial charge in [0.1, 0.15) is 0 Å². The van der Waals surface area contributed by atoms with Gasteiger partial charge in [0, 0.05) is 39.3 Å². The van der Waals surface area contributed by atoms with E-state index in [0.717, 1.165) is 45.4 Å². The lowest BCUT2D eigenvalue weighted by atomic mass is 9.96. The topological polar surface area (TPSA) is 48.9 Å². The molecule has 1 unspecified atom stereocenters. The molecule has 0 radical (unpaired) electrons. The molecule has 1 saturated heterocycles. The predicted octanol–water partition coefficient (Wildman–Crippen LogP) is 1.45. The van der Waals surface area contributed by atoms with Crippen LogP contribution in [0.5, 0.6) is 0 Å². The Labute approximate surface area is 129 Å². The number of aliphatic imine (C=N–C) groups is 1. The van der Waals surface area contributed by atoms with E-state index in [4.69, 9.17) is 4.74 Å². The highest BCUT2D eigenvalue weighted by Crippen LogP contribution is 2.17. The van der Waals surface area contributed by atoms with E-state index in [9.17, 15) is 0 Å². The van der Waals surface area contributed by atoms with Crippen molar-refractivity contribution in [2.45, 2.75) is 45.1 Å². The van der Waals surface area contributed by atoms with Gasteiger partial charge in [-0.3, -0.25) is 9.89 Å². The zero-order valence-electron chi connectivity index (χ0n) is 13.7. The Morgan fingerprint density at radius 2 is 1.95 bits per heavy atom. The van der Waals surface area contributed by atoms with Crippen LogP contribution in [0, 0.1) is 5.92 Å². The number of nitrogens with zero attached hydrogens (tertiary/aromatic N) is 2. The van der Waals surface area contributed by atoms with E-state index >= 15 is 0 Å². The molecule has 21 heavy (non-hydrogen) atoms. The minimum Gasteiger partial charge on any atom is -0.379 e. The molecule has 1 aliphatic heterocycles. The summed E-state index contributed by atoms with van der Waals surface area (Å²) >= 11 is 0. The summed E-state index contributed by atoms with van der Waals surface area (Å²) in [4.78, 5) is 6.85. The molecule has 5 heteroatoms. The highest BCUT2D eigenvalue weighted by molar-refractivity contribution is 5.79. The first-order chi connectivity index (χ1) is 10.3. The number of ether oxygens (including phenoxy) is 1. The zero-order valence-corrected chi connectivity index (χ0v) is 13.7. The molecule has 0 aromatic rings. The van der Waals surface area contributed by atoms with Crippen molar-refractivity contribution in [2.24, 2.45) is 10.9 Å². The van der Waals surface area contributed by atoms with E-state index < -0.39 is 0 Å². The van der Waals surface area contributed by atoms with Gasteiger partial charge in [-0.2, -0.15) is 0 Å². The Morgan fingerprint density at radius 3 is 2.62 bits per heavy atom. The van der Waals surface area contributed by atoms with Crippen molar-refractivity contribution < 1.29 is 4.74 Å². The van der Waals surface area contributed by atoms with Crippen molar-refractivity contribution in [3.05, 3.63) is 0 Å². The normalized spacial score (nSPS) is 23.8. The van der Waals surface area contributed by atoms with Crippen LogP contribution in [-0.4, -0.2) is 63.3 Å². The minimum absolute atomic E-state index is 0.611. The highest BCUT2D eigenvalue weighted by Gasteiger charge is 2.16. The lowest BCUT2D eigenvalue weighted by Crippen LogP contribution is -2.47. The van der Waals surface area contributed by atoms with Crippen LogP contribution in [0.1, 0.15) is 39.0 Å². The lowest BCUT2D eigenvalue weighted by Gasteiger charge is -2.30. The second-order valence-electron chi connectivity index (χ2n) is 6.45. The summed E-state index contributed by atoms with van der Waals surface area (Å²) in [7, 11) is 1.87. The monoisotopic (exact) mass is 296 g/mol. The minimum atomic E-state index is 0.611. The Balaban J connectivity index is 1.64. The summed E-state index contributed by atoms with van der Waals surface area (Å²) in [6, 6.07) is 0.611. The maximum atomic E-state index is 5.40. The molecule has 0 aromatic heterocycles. The summed E-state index contributed by atoms with van der Waals surface area (Å²) < 4.78 is 5.40. The predicted molar refractivity (Wildman–Crippen MR) is 87.8 cm³/mol. The Kier molecular flexibility index (Phi) is 7.30. The van der Waals surface area contributed by atoms with Gasteiger partial charge in [0.25, 0.3) is 0 Å². The van der Waals surface area contributed by atoms with Crippen LogP contribution in [0.4, 0.5) is 0 Å². The standard InChI is InChI=1S/C16H32N4O/c1-14(13-20-8-10-21-11-9-20)12-18-16(17-2)19-15-6-4-3-5-7-15/h14-15H,3-13H2,1-2H3,(H2,17,18,19). The van der Waals surface area contributed by atoms with E-state index in [1.54, 1.807) is 0 Å². The SMILES string of the molecule is CN=C(NCC(C)CN1CCOCC1)NC1CCCCC1. The molecule has 0 amide bonds. The number of morpholine rings is 1. The molecule has 2 fully saturated rings. The van der Waals surface area contributed by atoms with Crippen molar-refractivity contribution in [2.75, 3.05) is 46.4 Å². The smallest absolute Gasteiger partial charge is 0.191 e.